The van der Waals surface area contributed by atoms with Crippen molar-refractivity contribution in [2.24, 2.45) is 34.5 Å². The van der Waals surface area contributed by atoms with Crippen LogP contribution >= 0.6 is 0 Å². The highest BCUT2D eigenvalue weighted by molar-refractivity contribution is 5.89. The lowest BCUT2D eigenvalue weighted by Gasteiger charge is -2.61. The molecular formula is C29H38O4. The molecule has 0 saturated heterocycles. The zero-order valence-corrected chi connectivity index (χ0v) is 20.3. The fraction of sp³-hybridized carbons (Fsp3) is 0.655. The second kappa shape index (κ2) is 8.29. The van der Waals surface area contributed by atoms with E-state index in [1.54, 1.807) is 0 Å². The molecule has 0 amide bonds. The molecule has 0 bridgehead atoms. The van der Waals surface area contributed by atoms with Crippen LogP contribution in [0.25, 0.3) is 0 Å². The summed E-state index contributed by atoms with van der Waals surface area (Å²) in [5, 5.41) is 0. The van der Waals surface area contributed by atoms with E-state index in [9.17, 15) is 9.59 Å². The fourth-order valence-electron chi connectivity index (χ4n) is 8.35. The van der Waals surface area contributed by atoms with Gasteiger partial charge in [-0.05, 0) is 92.6 Å². The first-order valence-electron chi connectivity index (χ1n) is 12.8. The number of rotatable bonds is 3. The van der Waals surface area contributed by atoms with E-state index in [2.05, 4.69) is 20.4 Å². The van der Waals surface area contributed by atoms with Gasteiger partial charge in [-0.15, -0.1) is 0 Å². The fourth-order valence-corrected chi connectivity index (χ4v) is 8.35. The third kappa shape index (κ3) is 3.74. The first-order chi connectivity index (χ1) is 15.7. The monoisotopic (exact) mass is 450 g/mol. The normalized spacial score (nSPS) is 42.0. The molecule has 4 aliphatic rings. The largest absolute Gasteiger partial charge is 0.463 e. The number of hydrogen-bond acceptors (Lipinski definition) is 4. The minimum Gasteiger partial charge on any atom is -0.463 e. The minimum atomic E-state index is -0.192. The molecule has 5 rings (SSSR count). The lowest BCUT2D eigenvalue weighted by Crippen LogP contribution is -2.55. The highest BCUT2D eigenvalue weighted by atomic mass is 16.5. The number of carbonyl (C=O) groups excluding carboxylic acids is 2. The predicted molar refractivity (Wildman–Crippen MR) is 127 cm³/mol. The molecule has 4 saturated carbocycles. The van der Waals surface area contributed by atoms with Crippen molar-refractivity contribution in [3.8, 4) is 0 Å². The molecule has 0 spiro atoms. The Morgan fingerprint density at radius 3 is 2.36 bits per heavy atom. The van der Waals surface area contributed by atoms with Gasteiger partial charge in [0, 0.05) is 12.3 Å². The van der Waals surface area contributed by atoms with Gasteiger partial charge < -0.3 is 9.47 Å². The van der Waals surface area contributed by atoms with Crippen molar-refractivity contribution in [1.29, 1.82) is 0 Å². The molecule has 0 aliphatic heterocycles. The maximum atomic E-state index is 12.8. The van der Waals surface area contributed by atoms with Crippen LogP contribution in [0.15, 0.2) is 42.5 Å². The Labute approximate surface area is 198 Å². The predicted octanol–water partition coefficient (Wildman–Crippen LogP) is 6.35. The molecule has 4 fully saturated rings. The molecule has 1 aromatic carbocycles. The number of carbonyl (C=O) groups is 2. The van der Waals surface area contributed by atoms with Crippen molar-refractivity contribution in [3.05, 3.63) is 48.0 Å². The summed E-state index contributed by atoms with van der Waals surface area (Å²) in [5.74, 6) is 1.86. The average molecular weight is 451 g/mol. The molecule has 33 heavy (non-hydrogen) atoms. The molecule has 4 heteroatoms. The summed E-state index contributed by atoms with van der Waals surface area (Å²) in [6.07, 6.45) is 8.48. The number of hydrogen-bond donors (Lipinski definition) is 0. The van der Waals surface area contributed by atoms with E-state index < -0.39 is 0 Å². The van der Waals surface area contributed by atoms with Gasteiger partial charge in [0.2, 0.25) is 0 Å². The van der Waals surface area contributed by atoms with Crippen LogP contribution in [-0.4, -0.2) is 24.1 Å². The van der Waals surface area contributed by atoms with E-state index in [-0.39, 0.29) is 35.0 Å². The molecule has 0 N–H and O–H groups in total. The number of esters is 2. The first-order valence-corrected chi connectivity index (χ1v) is 12.8. The van der Waals surface area contributed by atoms with Gasteiger partial charge in [-0.1, -0.05) is 44.2 Å². The van der Waals surface area contributed by atoms with Crippen molar-refractivity contribution in [2.45, 2.75) is 84.3 Å². The van der Waals surface area contributed by atoms with E-state index in [0.717, 1.165) is 44.9 Å². The quantitative estimate of drug-likeness (QED) is 0.398. The second-order valence-electron chi connectivity index (χ2n) is 11.7. The summed E-state index contributed by atoms with van der Waals surface area (Å²) in [7, 11) is 0. The highest BCUT2D eigenvalue weighted by Gasteiger charge is 2.62. The van der Waals surface area contributed by atoms with Gasteiger partial charge in [0.1, 0.15) is 12.2 Å². The zero-order valence-electron chi connectivity index (χ0n) is 20.3. The van der Waals surface area contributed by atoms with Crippen LogP contribution in [0.1, 0.15) is 82.5 Å². The lowest BCUT2D eigenvalue weighted by atomic mass is 9.44. The van der Waals surface area contributed by atoms with Crippen LogP contribution in [-0.2, 0) is 14.3 Å². The number of fused-ring (bicyclic) bond motifs is 5. The van der Waals surface area contributed by atoms with E-state index in [0.29, 0.717) is 29.2 Å². The topological polar surface area (TPSA) is 52.6 Å². The van der Waals surface area contributed by atoms with Crippen molar-refractivity contribution < 1.29 is 19.1 Å². The van der Waals surface area contributed by atoms with Crippen molar-refractivity contribution in [3.63, 3.8) is 0 Å². The van der Waals surface area contributed by atoms with Gasteiger partial charge in [0.15, 0.2) is 0 Å². The molecule has 0 heterocycles. The van der Waals surface area contributed by atoms with Gasteiger partial charge in [-0.25, -0.2) is 4.79 Å². The summed E-state index contributed by atoms with van der Waals surface area (Å²) in [6, 6.07) is 9.38. The molecule has 1 aromatic rings. The molecule has 4 aliphatic carbocycles. The third-order valence-electron chi connectivity index (χ3n) is 10.1. The van der Waals surface area contributed by atoms with E-state index >= 15 is 0 Å². The van der Waals surface area contributed by atoms with Crippen LogP contribution in [0, 0.1) is 34.5 Å². The number of allylic oxidation sites excluding steroid dienone is 1. The summed E-state index contributed by atoms with van der Waals surface area (Å²) in [5.41, 5.74) is 2.33. The molecular weight excluding hydrogens is 412 g/mol. The standard InChI is InChI=1S/C29H38O4/c1-18-16-21-17-22(32-19(2)30)12-14-28(21,3)24-13-15-29(4)23(26(18)24)10-11-25(29)33-27(31)20-8-6-5-7-9-20/h5-9,21-26H,1,10-17H2,2-4H3/t21-,22-,23-,24-,25+,26+,28-,29-/m1/s1. The van der Waals surface area contributed by atoms with Crippen LogP contribution in [0.3, 0.4) is 0 Å². The van der Waals surface area contributed by atoms with E-state index in [1.165, 1.54) is 18.9 Å². The maximum absolute atomic E-state index is 12.8. The van der Waals surface area contributed by atoms with Crippen LogP contribution in [0.5, 0.6) is 0 Å². The lowest BCUT2D eigenvalue weighted by molar-refractivity contribution is -0.156. The summed E-state index contributed by atoms with van der Waals surface area (Å²) >= 11 is 0. The van der Waals surface area contributed by atoms with Crippen molar-refractivity contribution in [2.75, 3.05) is 0 Å². The van der Waals surface area contributed by atoms with Crippen molar-refractivity contribution in [1.82, 2.24) is 0 Å². The summed E-state index contributed by atoms with van der Waals surface area (Å²) < 4.78 is 11.8. The molecule has 0 aromatic heterocycles. The molecule has 8 atom stereocenters. The smallest absolute Gasteiger partial charge is 0.338 e. The Balaban J connectivity index is 1.34. The van der Waals surface area contributed by atoms with Crippen LogP contribution < -0.4 is 0 Å². The van der Waals surface area contributed by atoms with E-state index in [4.69, 9.17) is 9.47 Å². The second-order valence-corrected chi connectivity index (χ2v) is 11.7. The first kappa shape index (κ1) is 22.7. The van der Waals surface area contributed by atoms with Crippen LogP contribution in [0.4, 0.5) is 0 Å². The zero-order chi connectivity index (χ0) is 23.4. The highest BCUT2D eigenvalue weighted by Crippen LogP contribution is 2.67. The Kier molecular flexibility index (Phi) is 5.69. The van der Waals surface area contributed by atoms with Gasteiger partial charge in [0.05, 0.1) is 5.56 Å². The maximum Gasteiger partial charge on any atom is 0.338 e. The Morgan fingerprint density at radius 1 is 0.939 bits per heavy atom. The third-order valence-corrected chi connectivity index (χ3v) is 10.1. The molecule has 0 unspecified atom stereocenters. The Hall–Kier alpha value is -2.10. The Morgan fingerprint density at radius 2 is 1.64 bits per heavy atom. The van der Waals surface area contributed by atoms with Crippen LogP contribution in [0.2, 0.25) is 0 Å². The number of ether oxygens (including phenoxy) is 2. The van der Waals surface area contributed by atoms with Crippen molar-refractivity contribution >= 4 is 11.9 Å². The van der Waals surface area contributed by atoms with Gasteiger partial charge in [0.25, 0.3) is 0 Å². The average Bonchev–Trinajstić information content (AvgIpc) is 3.11. The van der Waals surface area contributed by atoms with Gasteiger partial charge >= 0.3 is 11.9 Å². The SMILES string of the molecule is C=C1C[C@@H]2C[C@H](OC(C)=O)CC[C@@]2(C)[C@@H]2CC[C@@]3(C)[C@@H](OC(=O)c4ccccc4)CC[C@@H]3[C@H]12. The van der Waals surface area contributed by atoms with E-state index in [1.807, 2.05) is 30.3 Å². The molecule has 4 nitrogen and oxygen atoms in total. The Bertz CT molecular complexity index is 938. The number of benzene rings is 1. The molecule has 178 valence electrons. The summed E-state index contributed by atoms with van der Waals surface area (Å²) in [6.45, 7) is 11.0. The van der Waals surface area contributed by atoms with Gasteiger partial charge in [-0.3, -0.25) is 4.79 Å². The summed E-state index contributed by atoms with van der Waals surface area (Å²) in [4.78, 5) is 24.4. The molecule has 0 radical (unpaired) electrons. The van der Waals surface area contributed by atoms with Gasteiger partial charge in [-0.2, -0.15) is 0 Å². The minimum absolute atomic E-state index is 0.0193.